The molecule has 0 heterocycles. The highest BCUT2D eigenvalue weighted by Crippen LogP contribution is 1.95. The minimum atomic E-state index is 0.306. The van der Waals surface area contributed by atoms with E-state index in [-0.39, 0.29) is 0 Å². The van der Waals surface area contributed by atoms with E-state index >= 15 is 0 Å². The van der Waals surface area contributed by atoms with Crippen LogP contribution in [0, 0.1) is 0 Å². The number of hydrogen-bond acceptors (Lipinski definition) is 2. The lowest BCUT2D eigenvalue weighted by Crippen LogP contribution is -2.21. The average Bonchev–Trinajstić information content (AvgIpc) is 2.08. The second-order valence-corrected chi connectivity index (χ2v) is 2.53. The van der Waals surface area contributed by atoms with E-state index in [0.29, 0.717) is 12.1 Å². The molecule has 0 radical (unpaired) electrons. The van der Waals surface area contributed by atoms with Crippen molar-refractivity contribution >= 4 is 0 Å². The fourth-order valence-electron chi connectivity index (χ4n) is 0.526. The Bertz CT molecular complexity index is 43.8. The molecule has 4 N–H and O–H groups in total. The topological polar surface area (TPSA) is 52.0 Å². The first-order valence-electron chi connectivity index (χ1n) is 5.14. The molecule has 0 aliphatic heterocycles. The average molecular weight is 176 g/mol. The van der Waals surface area contributed by atoms with Gasteiger partial charge >= 0.3 is 0 Å². The molecule has 2 nitrogen and oxygen atoms in total. The predicted octanol–water partition coefficient (Wildman–Crippen LogP) is 2.51. The number of rotatable bonds is 3. The van der Waals surface area contributed by atoms with Gasteiger partial charge in [0.25, 0.3) is 0 Å². The first kappa shape index (κ1) is 17.9. The van der Waals surface area contributed by atoms with E-state index in [4.69, 9.17) is 11.5 Å². The van der Waals surface area contributed by atoms with Gasteiger partial charge in [-0.25, -0.2) is 0 Å². The fraction of sp³-hybridized carbons (Fsp3) is 1.00. The molecule has 2 atom stereocenters. The summed E-state index contributed by atoms with van der Waals surface area (Å²) in [6, 6.07) is 0.613. The Kier molecular flexibility index (Phi) is 25.5. The molecule has 0 saturated heterocycles. The molecule has 78 valence electrons. The Morgan fingerprint density at radius 3 is 1.00 bits per heavy atom. The zero-order chi connectivity index (χ0) is 10.6. The van der Waals surface area contributed by atoms with Crippen molar-refractivity contribution in [3.63, 3.8) is 0 Å². The van der Waals surface area contributed by atoms with E-state index < -0.39 is 0 Å². The smallest absolute Gasteiger partial charge is 0.00110 e. The molecule has 0 spiro atoms. The standard InChI is InChI=1S/C6H16N2.2C2H6/c1-5(7)3-4-6(2)8;2*1-2/h5-6H,3-4,7-8H2,1-2H3;2*1-2H3. The maximum atomic E-state index is 5.49. The first-order valence-corrected chi connectivity index (χ1v) is 5.14. The molecule has 0 bridgehead atoms. The summed E-state index contributed by atoms with van der Waals surface area (Å²) < 4.78 is 0. The monoisotopic (exact) mass is 176 g/mol. The molecule has 0 saturated carbocycles. The van der Waals surface area contributed by atoms with Crippen LogP contribution in [-0.4, -0.2) is 12.1 Å². The van der Waals surface area contributed by atoms with Crippen LogP contribution in [0.25, 0.3) is 0 Å². The van der Waals surface area contributed by atoms with Gasteiger partial charge in [-0.1, -0.05) is 27.7 Å². The van der Waals surface area contributed by atoms with E-state index in [1.54, 1.807) is 0 Å². The summed E-state index contributed by atoms with van der Waals surface area (Å²) in [7, 11) is 0. The van der Waals surface area contributed by atoms with E-state index in [9.17, 15) is 0 Å². The Balaban J connectivity index is -0.000000175. The van der Waals surface area contributed by atoms with Crippen LogP contribution in [0.15, 0.2) is 0 Å². The molecular formula is C10H28N2. The van der Waals surface area contributed by atoms with Crippen LogP contribution >= 0.6 is 0 Å². The van der Waals surface area contributed by atoms with Gasteiger partial charge in [0.2, 0.25) is 0 Å². The van der Waals surface area contributed by atoms with Gasteiger partial charge in [0.05, 0.1) is 0 Å². The fourth-order valence-corrected chi connectivity index (χ4v) is 0.526. The maximum Gasteiger partial charge on any atom is 0.00110 e. The summed E-state index contributed by atoms with van der Waals surface area (Å²) in [6.45, 7) is 12.0. The number of hydrogen-bond donors (Lipinski definition) is 2. The molecule has 2 unspecified atom stereocenters. The van der Waals surface area contributed by atoms with Gasteiger partial charge in [0, 0.05) is 12.1 Å². The molecule has 2 heteroatoms. The summed E-state index contributed by atoms with van der Waals surface area (Å²) in [5.74, 6) is 0. The Labute approximate surface area is 78.7 Å². The van der Waals surface area contributed by atoms with Crippen LogP contribution in [0.4, 0.5) is 0 Å². The van der Waals surface area contributed by atoms with Crippen molar-refractivity contribution in [2.75, 3.05) is 0 Å². The van der Waals surface area contributed by atoms with Gasteiger partial charge in [0.1, 0.15) is 0 Å². The van der Waals surface area contributed by atoms with Gasteiger partial charge in [-0.2, -0.15) is 0 Å². The molecule has 0 rings (SSSR count). The van der Waals surface area contributed by atoms with Crippen molar-refractivity contribution in [2.24, 2.45) is 11.5 Å². The van der Waals surface area contributed by atoms with Gasteiger partial charge in [-0.05, 0) is 26.7 Å². The minimum Gasteiger partial charge on any atom is -0.328 e. The van der Waals surface area contributed by atoms with Crippen LogP contribution in [-0.2, 0) is 0 Å². The predicted molar refractivity (Wildman–Crippen MR) is 59.2 cm³/mol. The summed E-state index contributed by atoms with van der Waals surface area (Å²) in [4.78, 5) is 0. The molecule has 0 aromatic heterocycles. The van der Waals surface area contributed by atoms with Gasteiger partial charge < -0.3 is 11.5 Å². The second kappa shape index (κ2) is 17.1. The quantitative estimate of drug-likeness (QED) is 0.694. The molecule has 0 aliphatic rings. The van der Waals surface area contributed by atoms with E-state index in [0.717, 1.165) is 12.8 Å². The third-order valence-electron chi connectivity index (χ3n) is 1.08. The maximum absolute atomic E-state index is 5.49. The van der Waals surface area contributed by atoms with Gasteiger partial charge in [-0.3, -0.25) is 0 Å². The molecule has 0 fully saturated rings. The lowest BCUT2D eigenvalue weighted by atomic mass is 10.1. The highest BCUT2D eigenvalue weighted by atomic mass is 14.6. The Hall–Kier alpha value is -0.0800. The van der Waals surface area contributed by atoms with Crippen LogP contribution in [0.3, 0.4) is 0 Å². The molecule has 0 amide bonds. The zero-order valence-corrected chi connectivity index (χ0v) is 9.72. The van der Waals surface area contributed by atoms with Crippen molar-refractivity contribution in [3.05, 3.63) is 0 Å². The summed E-state index contributed by atoms with van der Waals surface area (Å²) >= 11 is 0. The highest BCUT2D eigenvalue weighted by molar-refractivity contribution is 4.58. The van der Waals surface area contributed by atoms with Gasteiger partial charge in [-0.15, -0.1) is 0 Å². The van der Waals surface area contributed by atoms with E-state index in [1.807, 2.05) is 41.5 Å². The third-order valence-corrected chi connectivity index (χ3v) is 1.08. The Morgan fingerprint density at radius 1 is 0.750 bits per heavy atom. The van der Waals surface area contributed by atoms with Gasteiger partial charge in [0.15, 0.2) is 0 Å². The zero-order valence-electron chi connectivity index (χ0n) is 9.72. The largest absolute Gasteiger partial charge is 0.328 e. The SMILES string of the molecule is CC.CC.CC(N)CCC(C)N. The van der Waals surface area contributed by atoms with Crippen molar-refractivity contribution in [2.45, 2.75) is 66.5 Å². The van der Waals surface area contributed by atoms with Crippen molar-refractivity contribution in [3.8, 4) is 0 Å². The normalized spacial score (nSPS) is 13.0. The lowest BCUT2D eigenvalue weighted by molar-refractivity contribution is 0.564. The number of nitrogens with two attached hydrogens (primary N) is 2. The summed E-state index contributed by atoms with van der Waals surface area (Å²) in [5.41, 5.74) is 11.0. The lowest BCUT2D eigenvalue weighted by Gasteiger charge is -2.06. The second-order valence-electron chi connectivity index (χ2n) is 2.53. The molecule has 0 aromatic rings. The van der Waals surface area contributed by atoms with E-state index in [1.165, 1.54) is 0 Å². The summed E-state index contributed by atoms with van der Waals surface area (Å²) in [6.07, 6.45) is 2.08. The Morgan fingerprint density at radius 2 is 0.917 bits per heavy atom. The van der Waals surface area contributed by atoms with E-state index in [2.05, 4.69) is 0 Å². The molecule has 0 aliphatic carbocycles. The summed E-state index contributed by atoms with van der Waals surface area (Å²) in [5, 5.41) is 0. The first-order chi connectivity index (χ1) is 5.63. The van der Waals surface area contributed by atoms with Crippen molar-refractivity contribution < 1.29 is 0 Å². The van der Waals surface area contributed by atoms with Crippen LogP contribution in [0.5, 0.6) is 0 Å². The van der Waals surface area contributed by atoms with Crippen LogP contribution < -0.4 is 11.5 Å². The molecule has 0 aromatic carbocycles. The minimum absolute atomic E-state index is 0.306. The molecule has 12 heavy (non-hydrogen) atoms. The molecular weight excluding hydrogens is 148 g/mol. The van der Waals surface area contributed by atoms with Crippen LogP contribution in [0.2, 0.25) is 0 Å². The van der Waals surface area contributed by atoms with Crippen LogP contribution in [0.1, 0.15) is 54.4 Å². The third kappa shape index (κ3) is 32.6. The van der Waals surface area contributed by atoms with Crippen molar-refractivity contribution in [1.82, 2.24) is 0 Å². The van der Waals surface area contributed by atoms with Crippen molar-refractivity contribution in [1.29, 1.82) is 0 Å². The highest BCUT2D eigenvalue weighted by Gasteiger charge is 1.96.